The van der Waals surface area contributed by atoms with Crippen molar-refractivity contribution in [2.45, 2.75) is 58.7 Å². The van der Waals surface area contributed by atoms with E-state index in [4.69, 9.17) is 16.2 Å². The molecule has 1 fully saturated rings. The summed E-state index contributed by atoms with van der Waals surface area (Å²) in [5.41, 5.74) is 14.4. The van der Waals surface area contributed by atoms with Crippen molar-refractivity contribution in [1.29, 1.82) is 0 Å². The Morgan fingerprint density at radius 3 is 2.88 bits per heavy atom. The summed E-state index contributed by atoms with van der Waals surface area (Å²) in [4.78, 5) is 23.4. The van der Waals surface area contributed by atoms with Crippen molar-refractivity contribution >= 4 is 22.8 Å². The summed E-state index contributed by atoms with van der Waals surface area (Å²) in [5, 5.41) is 3.50. The van der Waals surface area contributed by atoms with E-state index >= 15 is 0 Å². The van der Waals surface area contributed by atoms with Gasteiger partial charge < -0.3 is 26.5 Å². The zero-order valence-corrected chi connectivity index (χ0v) is 14.7. The van der Waals surface area contributed by atoms with Crippen LogP contribution in [0.5, 0.6) is 0 Å². The summed E-state index contributed by atoms with van der Waals surface area (Å²) in [6, 6.07) is -0.286. The highest BCUT2D eigenvalue weighted by Gasteiger charge is 2.29. The van der Waals surface area contributed by atoms with Crippen LogP contribution in [-0.2, 0) is 9.53 Å². The van der Waals surface area contributed by atoms with Gasteiger partial charge in [0, 0.05) is 23.8 Å². The van der Waals surface area contributed by atoms with Crippen molar-refractivity contribution in [2.24, 2.45) is 11.7 Å². The van der Waals surface area contributed by atoms with Gasteiger partial charge in [-0.05, 0) is 25.2 Å². The van der Waals surface area contributed by atoms with Crippen LogP contribution in [0.3, 0.4) is 0 Å². The molecule has 26 heavy (non-hydrogen) atoms. The zero-order chi connectivity index (χ0) is 18.0. The van der Waals surface area contributed by atoms with E-state index in [1.54, 1.807) is 0 Å². The first-order chi connectivity index (χ1) is 12.0. The normalized spacial score (nSPS) is 20.9. The number of fused-ring (bicyclic) bond motifs is 1. The number of aromatic nitrogens is 3. The highest BCUT2D eigenvalue weighted by molar-refractivity contribution is 5.87. The number of esters is 1. The first-order valence-corrected chi connectivity index (χ1v) is 8.71. The van der Waals surface area contributed by atoms with Crippen LogP contribution in [0.1, 0.15) is 52.1 Å². The summed E-state index contributed by atoms with van der Waals surface area (Å²) in [7, 11) is 0. The maximum Gasteiger partial charge on any atom is 0.322 e. The lowest BCUT2D eigenvalue weighted by atomic mass is 10.1. The van der Waals surface area contributed by atoms with Gasteiger partial charge in [0.1, 0.15) is 24.5 Å². The van der Waals surface area contributed by atoms with E-state index in [0.717, 1.165) is 29.4 Å². The Hall–Kier alpha value is -2.19. The predicted octanol–water partition coefficient (Wildman–Crippen LogP) is 1.89. The number of ether oxygens (including phenoxy) is 1. The fourth-order valence-electron chi connectivity index (χ4n) is 3.33. The van der Waals surface area contributed by atoms with Gasteiger partial charge in [0.25, 0.3) is 0 Å². The van der Waals surface area contributed by atoms with Gasteiger partial charge in [-0.15, -0.1) is 0 Å². The Morgan fingerprint density at radius 2 is 2.15 bits per heavy atom. The Bertz CT molecular complexity index is 744. The Balaban J connectivity index is 0.00000243. The second-order valence-corrected chi connectivity index (χ2v) is 7.09. The smallest absolute Gasteiger partial charge is 0.322 e. The number of carbonyl (C=O) groups is 1. The minimum absolute atomic E-state index is 0. The molecule has 3 rings (SSSR count). The van der Waals surface area contributed by atoms with Crippen LogP contribution in [0.25, 0.3) is 11.0 Å². The van der Waals surface area contributed by atoms with Crippen molar-refractivity contribution in [1.82, 2.24) is 20.3 Å². The number of anilines is 1. The van der Waals surface area contributed by atoms with E-state index in [9.17, 15) is 4.79 Å². The van der Waals surface area contributed by atoms with Gasteiger partial charge >= 0.3 is 5.97 Å². The van der Waals surface area contributed by atoms with Crippen LogP contribution in [0.4, 0.5) is 5.82 Å². The van der Waals surface area contributed by atoms with E-state index in [1.165, 1.54) is 6.33 Å². The molecule has 1 aliphatic heterocycles. The quantitative estimate of drug-likeness (QED) is 0.577. The first-order valence-electron chi connectivity index (χ1n) is 8.71. The van der Waals surface area contributed by atoms with Gasteiger partial charge in [0.2, 0.25) is 0 Å². The number of aromatic amines is 1. The highest BCUT2D eigenvalue weighted by atomic mass is 16.5. The van der Waals surface area contributed by atoms with Crippen molar-refractivity contribution < 1.29 is 9.53 Å². The molecule has 3 heterocycles. The lowest BCUT2D eigenvalue weighted by Gasteiger charge is -2.17. The van der Waals surface area contributed by atoms with Crippen LogP contribution >= 0.6 is 0 Å². The molecule has 2 aromatic heterocycles. The van der Waals surface area contributed by atoms with Crippen molar-refractivity contribution in [2.75, 3.05) is 12.3 Å². The second kappa shape index (κ2) is 8.46. The molecule has 1 saturated heterocycles. The predicted molar refractivity (Wildman–Crippen MR) is 102 cm³/mol. The summed E-state index contributed by atoms with van der Waals surface area (Å²) in [6.45, 7) is 4.40. The lowest BCUT2D eigenvalue weighted by Crippen LogP contribution is -2.37. The number of nitrogens with two attached hydrogens (primary N) is 2. The molecule has 0 saturated carbocycles. The van der Waals surface area contributed by atoms with Crippen molar-refractivity contribution in [3.63, 3.8) is 0 Å². The maximum absolute atomic E-state index is 11.9. The van der Waals surface area contributed by atoms with Crippen molar-refractivity contribution in [3.05, 3.63) is 18.1 Å². The first kappa shape index (κ1) is 20.1. The molecule has 0 aromatic carbocycles. The molecular formula is C18H30N6O2. The summed E-state index contributed by atoms with van der Waals surface area (Å²) in [6.07, 6.45) is 5.89. The van der Waals surface area contributed by atoms with E-state index in [0.29, 0.717) is 24.8 Å². The highest BCUT2D eigenvalue weighted by Crippen LogP contribution is 2.31. The molecule has 0 amide bonds. The lowest BCUT2D eigenvalue weighted by molar-refractivity contribution is -0.146. The van der Waals surface area contributed by atoms with Gasteiger partial charge in [-0.2, -0.15) is 0 Å². The third kappa shape index (κ3) is 4.31. The molecule has 0 aliphatic carbocycles. The van der Waals surface area contributed by atoms with E-state index in [-0.39, 0.29) is 25.5 Å². The van der Waals surface area contributed by atoms with Crippen LogP contribution in [0.2, 0.25) is 0 Å². The molecule has 3 unspecified atom stereocenters. The fourth-order valence-corrected chi connectivity index (χ4v) is 3.33. The third-order valence-corrected chi connectivity index (χ3v) is 4.59. The number of rotatable bonds is 6. The number of hydrogen-bond donors (Lipinski definition) is 4. The van der Waals surface area contributed by atoms with E-state index < -0.39 is 6.04 Å². The van der Waals surface area contributed by atoms with Gasteiger partial charge in [-0.25, -0.2) is 9.97 Å². The standard InChI is InChI=1S/C17H26N6O2.CH4/c1-9(2)5-12(18)17(24)25-7-10-3-4-13(23-10)11-6-20-15-14(11)21-8-22-16(15)19;/h6,8-10,12-13,20,23H,3-5,7,18H2,1-2H3,(H2,19,21,22);1H4. The average Bonchev–Trinajstić information content (AvgIpc) is 3.18. The summed E-state index contributed by atoms with van der Waals surface area (Å²) < 4.78 is 5.38. The number of hydrogen-bond acceptors (Lipinski definition) is 7. The number of carbonyl (C=O) groups excluding carboxylic acids is 1. The van der Waals surface area contributed by atoms with Gasteiger partial charge in [0.15, 0.2) is 5.82 Å². The molecule has 8 nitrogen and oxygen atoms in total. The van der Waals surface area contributed by atoms with Crippen molar-refractivity contribution in [3.8, 4) is 0 Å². The van der Waals surface area contributed by atoms with Crippen LogP contribution in [0.15, 0.2) is 12.5 Å². The average molecular weight is 362 g/mol. The van der Waals surface area contributed by atoms with Gasteiger partial charge in [0.05, 0.1) is 5.52 Å². The maximum atomic E-state index is 11.9. The Kier molecular flexibility index (Phi) is 6.55. The van der Waals surface area contributed by atoms with Gasteiger partial charge in [-0.1, -0.05) is 21.3 Å². The number of nitrogens with one attached hydrogen (secondary N) is 2. The Labute approximate surface area is 154 Å². The molecule has 2 aromatic rings. The minimum Gasteiger partial charge on any atom is -0.463 e. The SMILES string of the molecule is C.CC(C)CC(N)C(=O)OCC1CCC(c2c[nH]c3c(N)ncnc23)N1. The van der Waals surface area contributed by atoms with Crippen LogP contribution < -0.4 is 16.8 Å². The molecule has 0 spiro atoms. The molecule has 3 atom stereocenters. The second-order valence-electron chi connectivity index (χ2n) is 7.09. The van der Waals surface area contributed by atoms with Crippen LogP contribution in [0, 0.1) is 5.92 Å². The van der Waals surface area contributed by atoms with E-state index in [2.05, 4.69) is 20.3 Å². The number of H-pyrrole nitrogens is 1. The summed E-state index contributed by atoms with van der Waals surface area (Å²) >= 11 is 0. The third-order valence-electron chi connectivity index (χ3n) is 4.59. The summed E-state index contributed by atoms with van der Waals surface area (Å²) in [5.74, 6) is 0.484. The van der Waals surface area contributed by atoms with E-state index in [1.807, 2.05) is 20.0 Å². The van der Waals surface area contributed by atoms with Crippen LogP contribution in [-0.4, -0.2) is 39.6 Å². The molecule has 0 bridgehead atoms. The molecule has 6 N–H and O–H groups in total. The molecule has 1 aliphatic rings. The molecule has 8 heteroatoms. The molecule has 0 radical (unpaired) electrons. The Morgan fingerprint density at radius 1 is 1.38 bits per heavy atom. The zero-order valence-electron chi connectivity index (χ0n) is 14.7. The number of nitrogens with zero attached hydrogens (tertiary/aromatic N) is 2. The largest absolute Gasteiger partial charge is 0.463 e. The van der Waals surface area contributed by atoms with Gasteiger partial charge in [-0.3, -0.25) is 4.79 Å². The molecule has 144 valence electrons. The topological polar surface area (TPSA) is 132 Å². The molecular weight excluding hydrogens is 332 g/mol. The minimum atomic E-state index is -0.550. The monoisotopic (exact) mass is 362 g/mol. The fraction of sp³-hybridized carbons (Fsp3) is 0.611. The number of nitrogen functional groups attached to an aromatic ring is 1.